The number of hydrogen-bond acceptors (Lipinski definition) is 5. The van der Waals surface area contributed by atoms with E-state index in [1.807, 2.05) is 11.0 Å². The van der Waals surface area contributed by atoms with Crippen molar-refractivity contribution in [1.82, 2.24) is 25.7 Å². The molecule has 2 unspecified atom stereocenters. The summed E-state index contributed by atoms with van der Waals surface area (Å²) in [5, 5.41) is 13.3. The van der Waals surface area contributed by atoms with Gasteiger partial charge < -0.3 is 20.0 Å². The number of piperidine rings is 1. The van der Waals surface area contributed by atoms with Crippen molar-refractivity contribution in [3.63, 3.8) is 0 Å². The summed E-state index contributed by atoms with van der Waals surface area (Å²) in [6.07, 6.45) is 5.48. The summed E-state index contributed by atoms with van der Waals surface area (Å²) in [6, 6.07) is 5.27. The van der Waals surface area contributed by atoms with E-state index in [4.69, 9.17) is 4.42 Å². The number of carbonyl (C=O) groups excluding carboxylic acids is 2. The molecule has 4 rings (SSSR count). The number of nitrogens with one attached hydrogen (secondary N) is 3. The lowest BCUT2D eigenvalue weighted by Crippen LogP contribution is -2.46. The van der Waals surface area contributed by atoms with Crippen LogP contribution in [0.3, 0.4) is 0 Å². The third kappa shape index (κ3) is 4.05. The molecule has 8 heteroatoms. The molecule has 2 amide bonds. The Bertz CT molecular complexity index is 779. The minimum absolute atomic E-state index is 0.0598. The van der Waals surface area contributed by atoms with Gasteiger partial charge >= 0.3 is 0 Å². The molecule has 0 spiro atoms. The zero-order valence-electron chi connectivity index (χ0n) is 15.2. The highest BCUT2D eigenvalue weighted by molar-refractivity contribution is 5.93. The third-order valence-corrected chi connectivity index (χ3v) is 5.33. The maximum atomic E-state index is 12.8. The highest BCUT2D eigenvalue weighted by atomic mass is 16.3. The van der Waals surface area contributed by atoms with Gasteiger partial charge in [0, 0.05) is 25.7 Å². The summed E-state index contributed by atoms with van der Waals surface area (Å²) in [7, 11) is 0. The fourth-order valence-corrected chi connectivity index (χ4v) is 3.84. The minimum atomic E-state index is -0.0856. The summed E-state index contributed by atoms with van der Waals surface area (Å²) >= 11 is 0. The van der Waals surface area contributed by atoms with E-state index < -0.39 is 0 Å². The van der Waals surface area contributed by atoms with E-state index in [-0.39, 0.29) is 23.8 Å². The largest absolute Gasteiger partial charge is 0.463 e. The number of rotatable bonds is 5. The van der Waals surface area contributed by atoms with Crippen LogP contribution in [-0.4, -0.2) is 59.1 Å². The molecule has 2 atom stereocenters. The second kappa shape index (κ2) is 7.96. The number of hydrogen-bond donors (Lipinski definition) is 3. The van der Waals surface area contributed by atoms with Crippen LogP contribution in [0.15, 0.2) is 28.9 Å². The minimum Gasteiger partial charge on any atom is -0.463 e. The molecular formula is C19H25N5O3. The molecule has 0 aliphatic carbocycles. The van der Waals surface area contributed by atoms with Crippen molar-refractivity contribution in [3.8, 4) is 11.5 Å². The van der Waals surface area contributed by atoms with Crippen molar-refractivity contribution in [2.24, 2.45) is 5.92 Å². The lowest BCUT2D eigenvalue weighted by Gasteiger charge is -2.32. The second-order valence-corrected chi connectivity index (χ2v) is 7.30. The molecule has 2 aliphatic rings. The van der Waals surface area contributed by atoms with E-state index >= 15 is 0 Å². The molecule has 2 aliphatic heterocycles. The van der Waals surface area contributed by atoms with Crippen molar-refractivity contribution in [2.45, 2.75) is 31.7 Å². The van der Waals surface area contributed by atoms with Crippen LogP contribution >= 0.6 is 0 Å². The Hall–Kier alpha value is -2.61. The van der Waals surface area contributed by atoms with Crippen molar-refractivity contribution >= 4 is 11.8 Å². The van der Waals surface area contributed by atoms with Crippen LogP contribution in [-0.2, 0) is 4.79 Å². The van der Waals surface area contributed by atoms with Crippen LogP contribution in [0.5, 0.6) is 0 Å². The van der Waals surface area contributed by atoms with E-state index in [0.717, 1.165) is 38.8 Å². The lowest BCUT2D eigenvalue weighted by atomic mass is 9.97. The first-order valence-electron chi connectivity index (χ1n) is 9.60. The molecule has 144 valence electrons. The van der Waals surface area contributed by atoms with Gasteiger partial charge in [0.2, 0.25) is 5.91 Å². The first-order chi connectivity index (χ1) is 13.2. The van der Waals surface area contributed by atoms with E-state index in [9.17, 15) is 9.59 Å². The van der Waals surface area contributed by atoms with Crippen LogP contribution in [0.1, 0.15) is 36.2 Å². The number of aromatic amines is 1. The van der Waals surface area contributed by atoms with Gasteiger partial charge in [-0.2, -0.15) is 5.10 Å². The fraction of sp³-hybridized carbons (Fsp3) is 0.526. The zero-order chi connectivity index (χ0) is 18.6. The molecule has 0 radical (unpaired) electrons. The first kappa shape index (κ1) is 17.8. The smallest absolute Gasteiger partial charge is 0.274 e. The summed E-state index contributed by atoms with van der Waals surface area (Å²) in [5.74, 6) is 0.918. The molecule has 2 fully saturated rings. The molecule has 8 nitrogen and oxygen atoms in total. The quantitative estimate of drug-likeness (QED) is 0.737. The van der Waals surface area contributed by atoms with Gasteiger partial charge in [0.15, 0.2) is 11.5 Å². The standard InChI is InChI=1S/C19H25N5O3/c25-18(14-5-1-7-20-14)21-11-13-4-2-8-24(12-13)19(26)16-10-15(22-23-16)17-6-3-9-27-17/h3,6,9-10,13-14,20H,1-2,4-5,7-8,11-12H2,(H,21,25)(H,22,23). The molecular weight excluding hydrogens is 346 g/mol. The summed E-state index contributed by atoms with van der Waals surface area (Å²) in [6.45, 7) is 2.88. The van der Waals surface area contributed by atoms with E-state index in [0.29, 0.717) is 30.2 Å². The average Bonchev–Trinajstić information content (AvgIpc) is 3.46. The predicted molar refractivity (Wildman–Crippen MR) is 99.0 cm³/mol. The molecule has 27 heavy (non-hydrogen) atoms. The third-order valence-electron chi connectivity index (χ3n) is 5.33. The Labute approximate surface area is 157 Å². The maximum absolute atomic E-state index is 12.8. The molecule has 2 saturated heterocycles. The van der Waals surface area contributed by atoms with Gasteiger partial charge in [-0.1, -0.05) is 0 Å². The number of aromatic nitrogens is 2. The van der Waals surface area contributed by atoms with Crippen LogP contribution in [0, 0.1) is 5.92 Å². The lowest BCUT2D eigenvalue weighted by molar-refractivity contribution is -0.123. The van der Waals surface area contributed by atoms with Crippen LogP contribution < -0.4 is 10.6 Å². The number of furan rings is 1. The Morgan fingerprint density at radius 3 is 3.04 bits per heavy atom. The SMILES string of the molecule is O=C(NCC1CCCN(C(=O)c2cc(-c3ccco3)[nH]n2)C1)C1CCCN1. The van der Waals surface area contributed by atoms with E-state index in [2.05, 4.69) is 20.8 Å². The second-order valence-electron chi connectivity index (χ2n) is 7.30. The number of amides is 2. The summed E-state index contributed by atoms with van der Waals surface area (Å²) in [5.41, 5.74) is 1.08. The Morgan fingerprint density at radius 2 is 2.26 bits per heavy atom. The number of H-pyrrole nitrogens is 1. The topological polar surface area (TPSA) is 103 Å². The van der Waals surface area contributed by atoms with E-state index in [1.165, 1.54) is 0 Å². The van der Waals surface area contributed by atoms with E-state index in [1.54, 1.807) is 18.4 Å². The van der Waals surface area contributed by atoms with Crippen LogP contribution in [0.25, 0.3) is 11.5 Å². The number of carbonyl (C=O) groups is 2. The van der Waals surface area contributed by atoms with Gasteiger partial charge in [0.25, 0.3) is 5.91 Å². The van der Waals surface area contributed by atoms with Crippen LogP contribution in [0.4, 0.5) is 0 Å². The molecule has 0 saturated carbocycles. The normalized spacial score (nSPS) is 22.7. The molecule has 3 N–H and O–H groups in total. The molecule has 4 heterocycles. The van der Waals surface area contributed by atoms with Crippen LogP contribution in [0.2, 0.25) is 0 Å². The molecule has 2 aromatic rings. The van der Waals surface area contributed by atoms with Gasteiger partial charge in [-0.3, -0.25) is 14.7 Å². The fourth-order valence-electron chi connectivity index (χ4n) is 3.84. The highest BCUT2D eigenvalue weighted by Crippen LogP contribution is 2.21. The van der Waals surface area contributed by atoms with Crippen molar-refractivity contribution in [3.05, 3.63) is 30.2 Å². The Balaban J connectivity index is 1.32. The summed E-state index contributed by atoms with van der Waals surface area (Å²) in [4.78, 5) is 26.8. The average molecular weight is 371 g/mol. The Morgan fingerprint density at radius 1 is 1.33 bits per heavy atom. The molecule has 2 aromatic heterocycles. The van der Waals surface area contributed by atoms with Crippen molar-refractivity contribution in [1.29, 1.82) is 0 Å². The summed E-state index contributed by atoms with van der Waals surface area (Å²) < 4.78 is 5.33. The zero-order valence-corrected chi connectivity index (χ0v) is 15.2. The van der Waals surface area contributed by atoms with Crippen molar-refractivity contribution < 1.29 is 14.0 Å². The predicted octanol–water partition coefficient (Wildman–Crippen LogP) is 1.39. The van der Waals surface area contributed by atoms with Gasteiger partial charge in [-0.15, -0.1) is 0 Å². The van der Waals surface area contributed by atoms with Gasteiger partial charge in [-0.25, -0.2) is 0 Å². The molecule has 0 aromatic carbocycles. The van der Waals surface area contributed by atoms with Gasteiger partial charge in [0.05, 0.1) is 12.3 Å². The van der Waals surface area contributed by atoms with Gasteiger partial charge in [-0.05, 0) is 50.3 Å². The maximum Gasteiger partial charge on any atom is 0.274 e. The first-order valence-corrected chi connectivity index (χ1v) is 9.60. The monoisotopic (exact) mass is 371 g/mol. The molecule has 0 bridgehead atoms. The number of nitrogens with zero attached hydrogens (tertiary/aromatic N) is 2. The van der Waals surface area contributed by atoms with Crippen molar-refractivity contribution in [2.75, 3.05) is 26.2 Å². The Kier molecular flexibility index (Phi) is 5.24. The number of likely N-dealkylation sites (tertiary alicyclic amines) is 1. The highest BCUT2D eigenvalue weighted by Gasteiger charge is 2.28. The van der Waals surface area contributed by atoms with Gasteiger partial charge in [0.1, 0.15) is 5.69 Å².